The molecule has 0 aromatic carbocycles. The predicted octanol–water partition coefficient (Wildman–Crippen LogP) is 2.65. The van der Waals surface area contributed by atoms with Gasteiger partial charge in [-0.2, -0.15) is 4.37 Å². The van der Waals surface area contributed by atoms with Gasteiger partial charge in [0.15, 0.2) is 0 Å². The quantitative estimate of drug-likeness (QED) is 0.689. The second-order valence-electron chi connectivity index (χ2n) is 3.77. The van der Waals surface area contributed by atoms with Gasteiger partial charge in [-0.25, -0.2) is 0 Å². The molecule has 0 spiro atoms. The van der Waals surface area contributed by atoms with Gasteiger partial charge in [0.2, 0.25) is 0 Å². The molecule has 0 aliphatic carbocycles. The van der Waals surface area contributed by atoms with Crippen LogP contribution in [-0.4, -0.2) is 24.1 Å². The molecule has 16 heavy (non-hydrogen) atoms. The van der Waals surface area contributed by atoms with Crippen LogP contribution in [0, 0.1) is 6.92 Å². The lowest BCUT2D eigenvalue weighted by Gasteiger charge is -2.05. The molecular weight excluding hydrogens is 222 g/mol. The molecule has 5 heteroatoms. The Morgan fingerprint density at radius 2 is 2.12 bits per heavy atom. The van der Waals surface area contributed by atoms with Crippen molar-refractivity contribution in [3.05, 3.63) is 5.56 Å². The molecule has 1 aromatic rings. The van der Waals surface area contributed by atoms with Gasteiger partial charge in [0, 0.05) is 25.3 Å². The summed E-state index contributed by atoms with van der Waals surface area (Å²) in [6.45, 7) is 6.76. The molecular formula is C11H21N3OS. The molecule has 1 aromatic heterocycles. The van der Waals surface area contributed by atoms with Crippen molar-refractivity contribution in [2.24, 2.45) is 0 Å². The zero-order valence-electron chi connectivity index (χ0n) is 10.1. The average molecular weight is 243 g/mol. The van der Waals surface area contributed by atoms with Gasteiger partial charge in [-0.05, 0) is 31.3 Å². The Balaban J connectivity index is 2.05. The Morgan fingerprint density at radius 3 is 2.75 bits per heavy atom. The summed E-state index contributed by atoms with van der Waals surface area (Å²) in [5.74, 6) is 0.631. The molecule has 0 aliphatic heterocycles. The predicted molar refractivity (Wildman–Crippen MR) is 70.1 cm³/mol. The van der Waals surface area contributed by atoms with E-state index in [1.54, 1.807) is 0 Å². The van der Waals surface area contributed by atoms with Crippen LogP contribution in [0.1, 0.15) is 31.7 Å². The van der Waals surface area contributed by atoms with E-state index in [1.807, 2.05) is 6.92 Å². The molecule has 0 saturated carbocycles. The first kappa shape index (κ1) is 13.3. The molecule has 4 nitrogen and oxygen atoms in total. The minimum absolute atomic E-state index is 0.631. The van der Waals surface area contributed by atoms with Crippen molar-refractivity contribution in [1.29, 1.82) is 0 Å². The summed E-state index contributed by atoms with van der Waals surface area (Å²) < 4.78 is 9.55. The molecule has 1 heterocycles. The van der Waals surface area contributed by atoms with Crippen LogP contribution in [0.5, 0.6) is 0 Å². The standard InChI is InChI=1S/C11H21N3OS/c1-3-4-7-15-8-5-6-13-11-9(2)10(12)14-16-11/h13H,3-8H2,1-2H3,(H2,12,14). The largest absolute Gasteiger partial charge is 0.383 e. The summed E-state index contributed by atoms with van der Waals surface area (Å²) >= 11 is 1.42. The molecule has 1 rings (SSSR count). The van der Waals surface area contributed by atoms with Gasteiger partial charge in [-0.15, -0.1) is 0 Å². The molecule has 0 unspecified atom stereocenters. The zero-order valence-corrected chi connectivity index (χ0v) is 10.9. The highest BCUT2D eigenvalue weighted by molar-refractivity contribution is 7.10. The monoisotopic (exact) mass is 243 g/mol. The maximum absolute atomic E-state index is 5.66. The third-order valence-electron chi connectivity index (χ3n) is 2.35. The van der Waals surface area contributed by atoms with Crippen LogP contribution in [0.3, 0.4) is 0 Å². The van der Waals surface area contributed by atoms with E-state index >= 15 is 0 Å². The smallest absolute Gasteiger partial charge is 0.142 e. The lowest BCUT2D eigenvalue weighted by Crippen LogP contribution is -2.06. The second-order valence-corrected chi connectivity index (χ2v) is 4.54. The first-order valence-electron chi connectivity index (χ1n) is 5.79. The fraction of sp³-hybridized carbons (Fsp3) is 0.727. The van der Waals surface area contributed by atoms with Crippen LogP contribution in [0.4, 0.5) is 10.8 Å². The van der Waals surface area contributed by atoms with Crippen molar-refractivity contribution < 1.29 is 4.74 Å². The van der Waals surface area contributed by atoms with E-state index in [9.17, 15) is 0 Å². The van der Waals surface area contributed by atoms with Crippen molar-refractivity contribution in [1.82, 2.24) is 4.37 Å². The molecule has 0 amide bonds. The van der Waals surface area contributed by atoms with Gasteiger partial charge in [0.05, 0.1) is 0 Å². The van der Waals surface area contributed by atoms with Gasteiger partial charge < -0.3 is 15.8 Å². The number of aromatic nitrogens is 1. The number of nitrogens with two attached hydrogens (primary N) is 1. The lowest BCUT2D eigenvalue weighted by atomic mass is 10.3. The lowest BCUT2D eigenvalue weighted by molar-refractivity contribution is 0.131. The number of rotatable bonds is 8. The van der Waals surface area contributed by atoms with E-state index in [0.29, 0.717) is 5.82 Å². The van der Waals surface area contributed by atoms with E-state index in [2.05, 4.69) is 16.6 Å². The summed E-state index contributed by atoms with van der Waals surface area (Å²) in [7, 11) is 0. The Labute approximate surface area is 101 Å². The number of nitrogens with zero attached hydrogens (tertiary/aromatic N) is 1. The van der Waals surface area contributed by atoms with Crippen LogP contribution in [0.15, 0.2) is 0 Å². The molecule has 0 radical (unpaired) electrons. The normalized spacial score (nSPS) is 10.6. The third-order valence-corrected chi connectivity index (χ3v) is 3.27. The van der Waals surface area contributed by atoms with Gasteiger partial charge >= 0.3 is 0 Å². The van der Waals surface area contributed by atoms with Crippen LogP contribution in [0.2, 0.25) is 0 Å². The molecule has 0 aliphatic rings. The van der Waals surface area contributed by atoms with Gasteiger partial charge in [0.1, 0.15) is 10.8 Å². The Kier molecular flexibility index (Phi) is 6.18. The molecule has 0 atom stereocenters. The number of ether oxygens (including phenoxy) is 1. The molecule has 0 saturated heterocycles. The van der Waals surface area contributed by atoms with Crippen molar-refractivity contribution in [3.63, 3.8) is 0 Å². The number of nitrogen functional groups attached to an aromatic ring is 1. The highest BCUT2D eigenvalue weighted by atomic mass is 32.1. The van der Waals surface area contributed by atoms with Gasteiger partial charge in [-0.1, -0.05) is 13.3 Å². The SMILES string of the molecule is CCCCOCCCNc1snc(N)c1C. The maximum atomic E-state index is 5.66. The first-order chi connectivity index (χ1) is 7.75. The summed E-state index contributed by atoms with van der Waals surface area (Å²) in [5.41, 5.74) is 6.71. The van der Waals surface area contributed by atoms with Crippen LogP contribution in [-0.2, 0) is 4.74 Å². The number of hydrogen-bond acceptors (Lipinski definition) is 5. The highest BCUT2D eigenvalue weighted by Crippen LogP contribution is 2.24. The maximum Gasteiger partial charge on any atom is 0.142 e. The van der Waals surface area contributed by atoms with Gasteiger partial charge in [0.25, 0.3) is 0 Å². The Bertz CT molecular complexity index is 301. The summed E-state index contributed by atoms with van der Waals surface area (Å²) in [4.78, 5) is 0. The Morgan fingerprint density at radius 1 is 1.38 bits per heavy atom. The first-order valence-corrected chi connectivity index (χ1v) is 6.56. The summed E-state index contributed by atoms with van der Waals surface area (Å²) in [6, 6.07) is 0. The minimum Gasteiger partial charge on any atom is -0.383 e. The van der Waals surface area contributed by atoms with Crippen molar-refractivity contribution in [3.8, 4) is 0 Å². The number of nitrogens with one attached hydrogen (secondary N) is 1. The number of hydrogen-bond donors (Lipinski definition) is 2. The van der Waals surface area contributed by atoms with E-state index in [1.165, 1.54) is 18.0 Å². The van der Waals surface area contributed by atoms with Gasteiger partial charge in [-0.3, -0.25) is 0 Å². The van der Waals surface area contributed by atoms with Crippen LogP contribution in [0.25, 0.3) is 0 Å². The zero-order chi connectivity index (χ0) is 11.8. The molecule has 0 fully saturated rings. The fourth-order valence-electron chi connectivity index (χ4n) is 1.24. The topological polar surface area (TPSA) is 60.2 Å². The summed E-state index contributed by atoms with van der Waals surface area (Å²) in [5, 5.41) is 4.40. The highest BCUT2D eigenvalue weighted by Gasteiger charge is 2.04. The Hall–Kier alpha value is -0.810. The number of anilines is 2. The van der Waals surface area contributed by atoms with Crippen molar-refractivity contribution in [2.45, 2.75) is 33.1 Å². The molecule has 0 bridgehead atoms. The average Bonchev–Trinajstić information content (AvgIpc) is 2.59. The summed E-state index contributed by atoms with van der Waals surface area (Å²) in [6.07, 6.45) is 3.36. The van der Waals surface area contributed by atoms with E-state index in [-0.39, 0.29) is 0 Å². The number of unbranched alkanes of at least 4 members (excludes halogenated alkanes) is 1. The van der Waals surface area contributed by atoms with E-state index < -0.39 is 0 Å². The molecule has 3 N–H and O–H groups in total. The van der Waals surface area contributed by atoms with Crippen molar-refractivity contribution >= 4 is 22.4 Å². The fourth-order valence-corrected chi connectivity index (χ4v) is 1.97. The molecule has 92 valence electrons. The van der Waals surface area contributed by atoms with Crippen LogP contribution < -0.4 is 11.1 Å². The van der Waals surface area contributed by atoms with Crippen LogP contribution >= 0.6 is 11.5 Å². The second kappa shape index (κ2) is 7.46. The minimum atomic E-state index is 0.631. The third kappa shape index (κ3) is 4.37. The van der Waals surface area contributed by atoms with E-state index in [0.717, 1.165) is 43.2 Å². The van der Waals surface area contributed by atoms with Crippen molar-refractivity contribution in [2.75, 3.05) is 30.8 Å². The van der Waals surface area contributed by atoms with E-state index in [4.69, 9.17) is 10.5 Å².